The van der Waals surface area contributed by atoms with Crippen molar-refractivity contribution in [2.75, 3.05) is 0 Å². The minimum atomic E-state index is -0.352. The SMILES string of the molecule is O=C(c1cc(Br)ccc1I)c1c[nH]c2ccc(F)cc12. The molecule has 0 amide bonds. The molecule has 0 bridgehead atoms. The van der Waals surface area contributed by atoms with Crippen LogP contribution in [-0.2, 0) is 0 Å². The quantitative estimate of drug-likeness (QED) is 0.443. The predicted molar refractivity (Wildman–Crippen MR) is 88.5 cm³/mol. The molecule has 0 aliphatic carbocycles. The molecule has 5 heteroatoms. The lowest BCUT2D eigenvalue weighted by Crippen LogP contribution is -2.03. The van der Waals surface area contributed by atoms with Gasteiger partial charge in [-0.1, -0.05) is 15.9 Å². The number of nitrogens with one attached hydrogen (secondary N) is 1. The number of aromatic nitrogens is 1. The zero-order chi connectivity index (χ0) is 14.3. The molecule has 3 aromatic rings. The minimum Gasteiger partial charge on any atom is -0.360 e. The van der Waals surface area contributed by atoms with E-state index >= 15 is 0 Å². The monoisotopic (exact) mass is 443 g/mol. The number of ketones is 1. The number of H-pyrrole nitrogens is 1. The Kier molecular flexibility index (Phi) is 3.64. The molecule has 0 saturated heterocycles. The van der Waals surface area contributed by atoms with E-state index < -0.39 is 0 Å². The summed E-state index contributed by atoms with van der Waals surface area (Å²) in [6, 6.07) is 9.91. The highest BCUT2D eigenvalue weighted by atomic mass is 127. The third kappa shape index (κ3) is 2.40. The van der Waals surface area contributed by atoms with Crippen LogP contribution in [0.25, 0.3) is 10.9 Å². The highest BCUT2D eigenvalue weighted by Crippen LogP contribution is 2.26. The number of carbonyl (C=O) groups is 1. The van der Waals surface area contributed by atoms with Crippen LogP contribution in [0.3, 0.4) is 0 Å². The van der Waals surface area contributed by atoms with E-state index in [1.54, 1.807) is 18.3 Å². The lowest BCUT2D eigenvalue weighted by molar-refractivity contribution is 0.103. The first-order valence-electron chi connectivity index (χ1n) is 5.82. The first kappa shape index (κ1) is 13.8. The lowest BCUT2D eigenvalue weighted by Gasteiger charge is -2.04. The van der Waals surface area contributed by atoms with Gasteiger partial charge in [0.25, 0.3) is 0 Å². The summed E-state index contributed by atoms with van der Waals surface area (Å²) in [6.07, 6.45) is 1.63. The lowest BCUT2D eigenvalue weighted by atomic mass is 10.0. The van der Waals surface area contributed by atoms with Gasteiger partial charge in [0, 0.05) is 36.3 Å². The molecule has 0 spiro atoms. The van der Waals surface area contributed by atoms with E-state index in [1.165, 1.54) is 12.1 Å². The highest BCUT2D eigenvalue weighted by molar-refractivity contribution is 14.1. The fraction of sp³-hybridized carbons (Fsp3) is 0. The van der Waals surface area contributed by atoms with Gasteiger partial charge in [-0.15, -0.1) is 0 Å². The Morgan fingerprint density at radius 1 is 1.15 bits per heavy atom. The summed E-state index contributed by atoms with van der Waals surface area (Å²) in [5, 5.41) is 0.603. The molecular weight excluding hydrogens is 436 g/mol. The Morgan fingerprint density at radius 3 is 2.75 bits per heavy atom. The van der Waals surface area contributed by atoms with Crippen molar-refractivity contribution >= 4 is 55.2 Å². The van der Waals surface area contributed by atoms with Crippen molar-refractivity contribution in [3.63, 3.8) is 0 Å². The number of carbonyl (C=O) groups excluding carboxylic acids is 1. The van der Waals surface area contributed by atoms with Crippen molar-refractivity contribution in [2.45, 2.75) is 0 Å². The largest absolute Gasteiger partial charge is 0.360 e. The van der Waals surface area contributed by atoms with Crippen molar-refractivity contribution < 1.29 is 9.18 Å². The average molecular weight is 444 g/mol. The van der Waals surface area contributed by atoms with Crippen LogP contribution in [0, 0.1) is 9.39 Å². The summed E-state index contributed by atoms with van der Waals surface area (Å²) in [7, 11) is 0. The van der Waals surface area contributed by atoms with Gasteiger partial charge in [0.05, 0.1) is 0 Å². The van der Waals surface area contributed by atoms with Crippen LogP contribution in [0.1, 0.15) is 15.9 Å². The molecular formula is C15H8BrFINO. The molecule has 0 saturated carbocycles. The first-order valence-corrected chi connectivity index (χ1v) is 7.70. The van der Waals surface area contributed by atoms with Crippen LogP contribution in [0.2, 0.25) is 0 Å². The van der Waals surface area contributed by atoms with E-state index in [4.69, 9.17) is 0 Å². The van der Waals surface area contributed by atoms with Crippen LogP contribution < -0.4 is 0 Å². The highest BCUT2D eigenvalue weighted by Gasteiger charge is 2.17. The maximum atomic E-state index is 13.4. The van der Waals surface area contributed by atoms with Crippen LogP contribution >= 0.6 is 38.5 Å². The smallest absolute Gasteiger partial charge is 0.196 e. The summed E-state index contributed by atoms with van der Waals surface area (Å²) >= 11 is 5.49. The maximum absolute atomic E-state index is 13.4. The van der Waals surface area contributed by atoms with Gasteiger partial charge < -0.3 is 4.98 Å². The molecule has 1 aromatic heterocycles. The minimum absolute atomic E-state index is 0.118. The predicted octanol–water partition coefficient (Wildman–Crippen LogP) is 4.91. The Hall–Kier alpha value is -1.21. The molecule has 1 heterocycles. The van der Waals surface area contributed by atoms with E-state index in [1.807, 2.05) is 12.1 Å². The molecule has 0 unspecified atom stereocenters. The first-order chi connectivity index (χ1) is 9.56. The molecule has 20 heavy (non-hydrogen) atoms. The van der Waals surface area contributed by atoms with Gasteiger partial charge in [0.15, 0.2) is 5.78 Å². The number of rotatable bonds is 2. The van der Waals surface area contributed by atoms with E-state index in [9.17, 15) is 9.18 Å². The fourth-order valence-corrected chi connectivity index (χ4v) is 3.04. The molecule has 0 fully saturated rings. The fourth-order valence-electron chi connectivity index (χ4n) is 2.10. The third-order valence-corrected chi connectivity index (χ3v) is 4.50. The van der Waals surface area contributed by atoms with E-state index in [2.05, 4.69) is 43.5 Å². The number of benzene rings is 2. The summed E-state index contributed by atoms with van der Waals surface area (Å²) in [5.74, 6) is -0.470. The van der Waals surface area contributed by atoms with Crippen LogP contribution in [0.4, 0.5) is 4.39 Å². The van der Waals surface area contributed by atoms with Gasteiger partial charge in [0.2, 0.25) is 0 Å². The molecule has 0 atom stereocenters. The Balaban J connectivity index is 2.17. The van der Waals surface area contributed by atoms with Gasteiger partial charge in [-0.25, -0.2) is 4.39 Å². The topological polar surface area (TPSA) is 32.9 Å². The molecule has 0 aliphatic heterocycles. The Labute approximate surface area is 136 Å². The second kappa shape index (κ2) is 5.29. The summed E-state index contributed by atoms with van der Waals surface area (Å²) in [6.45, 7) is 0. The zero-order valence-electron chi connectivity index (χ0n) is 10.1. The second-order valence-corrected chi connectivity index (χ2v) is 6.42. The van der Waals surface area contributed by atoms with Crippen molar-refractivity contribution in [2.24, 2.45) is 0 Å². The third-order valence-electron chi connectivity index (χ3n) is 3.06. The Bertz CT molecular complexity index is 828. The number of aromatic amines is 1. The molecule has 2 aromatic carbocycles. The number of fused-ring (bicyclic) bond motifs is 1. The van der Waals surface area contributed by atoms with Gasteiger partial charge in [0.1, 0.15) is 5.82 Å². The zero-order valence-corrected chi connectivity index (χ0v) is 13.8. The molecule has 2 nitrogen and oxygen atoms in total. The number of hydrogen-bond acceptors (Lipinski definition) is 1. The van der Waals surface area contributed by atoms with Crippen molar-refractivity contribution in [3.05, 3.63) is 67.6 Å². The van der Waals surface area contributed by atoms with Gasteiger partial charge >= 0.3 is 0 Å². The van der Waals surface area contributed by atoms with Crippen LogP contribution in [0.15, 0.2) is 47.1 Å². The van der Waals surface area contributed by atoms with E-state index in [-0.39, 0.29) is 11.6 Å². The summed E-state index contributed by atoms with van der Waals surface area (Å²) < 4.78 is 15.1. The number of hydrogen-bond donors (Lipinski definition) is 1. The van der Waals surface area contributed by atoms with Gasteiger partial charge in [-0.2, -0.15) is 0 Å². The summed E-state index contributed by atoms with van der Waals surface area (Å²) in [5.41, 5.74) is 1.83. The van der Waals surface area contributed by atoms with Gasteiger partial charge in [-0.3, -0.25) is 4.79 Å². The Morgan fingerprint density at radius 2 is 1.95 bits per heavy atom. The van der Waals surface area contributed by atoms with Crippen molar-refractivity contribution in [1.82, 2.24) is 4.98 Å². The standard InChI is InChI=1S/C15H8BrFINO/c16-8-1-3-13(18)11(5-8)15(20)12-7-19-14-4-2-9(17)6-10(12)14/h1-7,19H. The molecule has 1 N–H and O–H groups in total. The number of halogens is 3. The van der Waals surface area contributed by atoms with Crippen molar-refractivity contribution in [3.8, 4) is 0 Å². The molecule has 100 valence electrons. The van der Waals surface area contributed by atoms with Crippen LogP contribution in [0.5, 0.6) is 0 Å². The molecule has 0 aliphatic rings. The summed E-state index contributed by atoms with van der Waals surface area (Å²) in [4.78, 5) is 15.6. The van der Waals surface area contributed by atoms with E-state index in [0.717, 1.165) is 13.6 Å². The maximum Gasteiger partial charge on any atom is 0.196 e. The molecule has 3 rings (SSSR count). The molecule has 0 radical (unpaired) electrons. The van der Waals surface area contributed by atoms with E-state index in [0.29, 0.717) is 16.5 Å². The van der Waals surface area contributed by atoms with Gasteiger partial charge in [-0.05, 0) is 59.0 Å². The average Bonchev–Trinajstić information content (AvgIpc) is 2.83. The second-order valence-electron chi connectivity index (χ2n) is 4.35. The van der Waals surface area contributed by atoms with Crippen LogP contribution in [-0.4, -0.2) is 10.8 Å². The van der Waals surface area contributed by atoms with Crippen molar-refractivity contribution in [1.29, 1.82) is 0 Å². The normalized spacial score (nSPS) is 10.9.